The largest absolute Gasteiger partial charge is 0.405 e. The van der Waals surface area contributed by atoms with Crippen LogP contribution in [0.5, 0.6) is 0 Å². The van der Waals surface area contributed by atoms with E-state index in [2.05, 4.69) is 17.1 Å². The molecule has 2 aliphatic heterocycles. The van der Waals surface area contributed by atoms with Gasteiger partial charge in [0.15, 0.2) is 0 Å². The topological polar surface area (TPSA) is 18.5 Å². The van der Waals surface area contributed by atoms with Crippen LogP contribution in [0.25, 0.3) is 0 Å². The third-order valence-electron chi connectivity index (χ3n) is 4.60. The minimum Gasteiger partial charge on any atom is -0.315 e. The van der Waals surface area contributed by atoms with Crippen molar-refractivity contribution in [1.29, 1.82) is 0 Å². The summed E-state index contributed by atoms with van der Waals surface area (Å²) in [5.41, 5.74) is 0. The predicted molar refractivity (Wildman–Crippen MR) is 73.7 cm³/mol. The van der Waals surface area contributed by atoms with E-state index in [4.69, 9.17) is 0 Å². The van der Waals surface area contributed by atoms with Gasteiger partial charge in [0, 0.05) is 19.6 Å². The zero-order valence-electron chi connectivity index (χ0n) is 12.3. The second-order valence-electron chi connectivity index (χ2n) is 5.99. The summed E-state index contributed by atoms with van der Waals surface area (Å²) in [7, 11) is 0. The molecule has 0 spiro atoms. The van der Waals surface area contributed by atoms with Gasteiger partial charge in [-0.25, -0.2) is 0 Å². The van der Waals surface area contributed by atoms with Gasteiger partial charge in [-0.1, -0.05) is 6.92 Å². The van der Waals surface area contributed by atoms with Gasteiger partial charge in [0.25, 0.3) is 0 Å². The Morgan fingerprint density at radius 3 is 2.45 bits per heavy atom. The Kier molecular flexibility index (Phi) is 5.69. The van der Waals surface area contributed by atoms with Crippen molar-refractivity contribution in [3.63, 3.8) is 0 Å². The summed E-state index contributed by atoms with van der Waals surface area (Å²) in [5, 5.41) is 2.92. The number of halogens is 3. The highest BCUT2D eigenvalue weighted by Crippen LogP contribution is 2.28. The lowest BCUT2D eigenvalue weighted by Crippen LogP contribution is -2.51. The standard InChI is InChI=1S/C14H26F3N3/c1-2-19-8-4-12(5-9-19)11-20-7-3-6-18-10-13(20)14(15,16)17/h12-13,18H,2-11H2,1H3. The van der Waals surface area contributed by atoms with Crippen LogP contribution in [-0.2, 0) is 0 Å². The van der Waals surface area contributed by atoms with Crippen molar-refractivity contribution in [3.8, 4) is 0 Å². The van der Waals surface area contributed by atoms with Gasteiger partial charge in [0.05, 0.1) is 0 Å². The Morgan fingerprint density at radius 1 is 1.15 bits per heavy atom. The second kappa shape index (κ2) is 7.09. The number of nitrogens with zero attached hydrogens (tertiary/aromatic N) is 2. The maximum atomic E-state index is 13.2. The highest BCUT2D eigenvalue weighted by atomic mass is 19.4. The Hall–Kier alpha value is -0.330. The van der Waals surface area contributed by atoms with Gasteiger partial charge in [-0.15, -0.1) is 0 Å². The number of likely N-dealkylation sites (tertiary alicyclic amines) is 1. The average Bonchev–Trinajstić information content (AvgIpc) is 2.64. The van der Waals surface area contributed by atoms with E-state index < -0.39 is 12.2 Å². The molecule has 3 nitrogen and oxygen atoms in total. The number of piperidine rings is 1. The summed E-state index contributed by atoms with van der Waals surface area (Å²) < 4.78 is 39.5. The van der Waals surface area contributed by atoms with Gasteiger partial charge >= 0.3 is 6.18 Å². The van der Waals surface area contributed by atoms with E-state index in [0.29, 0.717) is 25.6 Å². The molecule has 0 radical (unpaired) electrons. The summed E-state index contributed by atoms with van der Waals surface area (Å²) in [5.74, 6) is 0.417. The number of nitrogens with one attached hydrogen (secondary N) is 1. The molecule has 6 heteroatoms. The Balaban J connectivity index is 1.91. The monoisotopic (exact) mass is 293 g/mol. The quantitative estimate of drug-likeness (QED) is 0.858. The molecule has 0 bridgehead atoms. The van der Waals surface area contributed by atoms with Crippen LogP contribution in [0.15, 0.2) is 0 Å². The van der Waals surface area contributed by atoms with Gasteiger partial charge in [0.2, 0.25) is 0 Å². The van der Waals surface area contributed by atoms with Gasteiger partial charge in [-0.2, -0.15) is 13.2 Å². The van der Waals surface area contributed by atoms with E-state index in [0.717, 1.165) is 38.9 Å². The fourth-order valence-corrected chi connectivity index (χ4v) is 3.29. The molecule has 2 heterocycles. The summed E-state index contributed by atoms with van der Waals surface area (Å²) in [4.78, 5) is 4.05. The third kappa shape index (κ3) is 4.33. The fourth-order valence-electron chi connectivity index (χ4n) is 3.29. The normalized spacial score (nSPS) is 28.5. The van der Waals surface area contributed by atoms with Crippen molar-refractivity contribution in [2.75, 3.05) is 45.8 Å². The van der Waals surface area contributed by atoms with Crippen LogP contribution < -0.4 is 5.32 Å². The number of rotatable bonds is 3. The van der Waals surface area contributed by atoms with Crippen molar-refractivity contribution >= 4 is 0 Å². The van der Waals surface area contributed by atoms with Crippen molar-refractivity contribution in [3.05, 3.63) is 0 Å². The molecule has 2 aliphatic rings. The average molecular weight is 293 g/mol. The molecule has 2 saturated heterocycles. The SMILES string of the molecule is CCN1CCC(CN2CCCNCC2C(F)(F)F)CC1. The van der Waals surface area contributed by atoms with Crippen LogP contribution in [0.3, 0.4) is 0 Å². The van der Waals surface area contributed by atoms with E-state index in [1.165, 1.54) is 0 Å². The zero-order valence-corrected chi connectivity index (χ0v) is 12.3. The number of alkyl halides is 3. The zero-order chi connectivity index (χ0) is 14.6. The van der Waals surface area contributed by atoms with E-state index in [-0.39, 0.29) is 6.54 Å². The summed E-state index contributed by atoms with van der Waals surface area (Å²) in [6, 6.07) is -1.31. The number of hydrogen-bond acceptors (Lipinski definition) is 3. The second-order valence-corrected chi connectivity index (χ2v) is 5.99. The van der Waals surface area contributed by atoms with Crippen LogP contribution >= 0.6 is 0 Å². The first-order valence-corrected chi connectivity index (χ1v) is 7.74. The fraction of sp³-hybridized carbons (Fsp3) is 1.00. The molecule has 0 aromatic rings. The van der Waals surface area contributed by atoms with Crippen molar-refractivity contribution in [2.45, 2.75) is 38.4 Å². The molecule has 1 atom stereocenters. The molecular formula is C14H26F3N3. The molecule has 1 unspecified atom stereocenters. The minimum absolute atomic E-state index is 0.0390. The van der Waals surface area contributed by atoms with E-state index in [1.807, 2.05) is 0 Å². The maximum absolute atomic E-state index is 13.2. The molecule has 20 heavy (non-hydrogen) atoms. The molecule has 118 valence electrons. The minimum atomic E-state index is -4.12. The molecule has 1 N–H and O–H groups in total. The van der Waals surface area contributed by atoms with E-state index >= 15 is 0 Å². The van der Waals surface area contributed by atoms with Crippen LogP contribution in [0, 0.1) is 5.92 Å². The molecular weight excluding hydrogens is 267 g/mol. The van der Waals surface area contributed by atoms with Crippen LogP contribution in [0.4, 0.5) is 13.2 Å². The molecule has 0 aliphatic carbocycles. The molecule has 0 amide bonds. The van der Waals surface area contributed by atoms with Gasteiger partial charge in [-0.05, 0) is 51.4 Å². The Bertz CT molecular complexity index is 288. The van der Waals surface area contributed by atoms with Gasteiger partial charge < -0.3 is 10.2 Å². The summed E-state index contributed by atoms with van der Waals surface area (Å²) in [6.45, 7) is 7.14. The molecule has 0 aromatic heterocycles. The Morgan fingerprint density at radius 2 is 1.85 bits per heavy atom. The molecule has 2 rings (SSSR count). The first kappa shape index (κ1) is 16.0. The lowest BCUT2D eigenvalue weighted by atomic mass is 9.95. The molecule has 2 fully saturated rings. The van der Waals surface area contributed by atoms with Crippen LogP contribution in [-0.4, -0.2) is 67.8 Å². The van der Waals surface area contributed by atoms with E-state index in [9.17, 15) is 13.2 Å². The van der Waals surface area contributed by atoms with Crippen LogP contribution in [0.2, 0.25) is 0 Å². The summed E-state index contributed by atoms with van der Waals surface area (Å²) in [6.07, 6.45) is -1.26. The third-order valence-corrected chi connectivity index (χ3v) is 4.60. The van der Waals surface area contributed by atoms with Crippen molar-refractivity contribution in [2.24, 2.45) is 5.92 Å². The predicted octanol–water partition coefficient (Wildman–Crippen LogP) is 1.94. The Labute approximate surface area is 119 Å². The summed E-state index contributed by atoms with van der Waals surface area (Å²) >= 11 is 0. The van der Waals surface area contributed by atoms with E-state index in [1.54, 1.807) is 4.90 Å². The lowest BCUT2D eigenvalue weighted by molar-refractivity contribution is -0.182. The number of hydrogen-bond donors (Lipinski definition) is 1. The highest BCUT2D eigenvalue weighted by Gasteiger charge is 2.44. The van der Waals surface area contributed by atoms with Gasteiger partial charge in [-0.3, -0.25) is 4.90 Å². The maximum Gasteiger partial charge on any atom is 0.405 e. The van der Waals surface area contributed by atoms with Crippen LogP contribution in [0.1, 0.15) is 26.2 Å². The van der Waals surface area contributed by atoms with Gasteiger partial charge in [0.1, 0.15) is 6.04 Å². The lowest BCUT2D eigenvalue weighted by Gasteiger charge is -2.37. The smallest absolute Gasteiger partial charge is 0.315 e. The van der Waals surface area contributed by atoms with Crippen molar-refractivity contribution in [1.82, 2.24) is 15.1 Å². The highest BCUT2D eigenvalue weighted by molar-refractivity contribution is 4.86. The molecule has 0 aromatic carbocycles. The van der Waals surface area contributed by atoms with Crippen molar-refractivity contribution < 1.29 is 13.2 Å². The first-order chi connectivity index (χ1) is 9.50. The first-order valence-electron chi connectivity index (χ1n) is 7.74. The molecule has 0 saturated carbocycles.